The molecule has 3 aromatic heterocycles. The molecule has 1 fully saturated rings. The van der Waals surface area contributed by atoms with Crippen LogP contribution in [0.25, 0.3) is 11.0 Å². The van der Waals surface area contributed by atoms with Crippen LogP contribution in [0.1, 0.15) is 26.3 Å². The van der Waals surface area contributed by atoms with Crippen LogP contribution in [0.4, 0.5) is 5.69 Å². The zero-order valence-corrected chi connectivity index (χ0v) is 18.9. The predicted octanol–water partition coefficient (Wildman–Crippen LogP) is 2.50. The van der Waals surface area contributed by atoms with Crippen LogP contribution in [0.2, 0.25) is 0 Å². The lowest BCUT2D eigenvalue weighted by molar-refractivity contribution is 0.0690. The number of aromatic carboxylic acids is 1. The predicted molar refractivity (Wildman–Crippen MR) is 131 cm³/mol. The molecule has 0 radical (unpaired) electrons. The summed E-state index contributed by atoms with van der Waals surface area (Å²) in [6.07, 6.45) is 4.75. The van der Waals surface area contributed by atoms with Crippen molar-refractivity contribution in [1.82, 2.24) is 19.4 Å². The van der Waals surface area contributed by atoms with Gasteiger partial charge in [-0.3, -0.25) is 19.1 Å². The van der Waals surface area contributed by atoms with Crippen molar-refractivity contribution in [3.05, 3.63) is 100 Å². The molecule has 0 aliphatic carbocycles. The molecule has 1 N–H and O–H groups in total. The molecule has 1 aromatic carbocycles. The maximum absolute atomic E-state index is 13.5. The van der Waals surface area contributed by atoms with Gasteiger partial charge in [0, 0.05) is 55.7 Å². The average Bonchev–Trinajstić information content (AvgIpc) is 2.90. The molecule has 9 heteroatoms. The number of carbonyl (C=O) groups excluding carboxylic acids is 1. The fraction of sp³-hybridized carbons (Fsp3) is 0.192. The summed E-state index contributed by atoms with van der Waals surface area (Å²) in [5, 5.41) is 10.7. The van der Waals surface area contributed by atoms with E-state index >= 15 is 0 Å². The van der Waals surface area contributed by atoms with Gasteiger partial charge in [-0.05, 0) is 29.8 Å². The fourth-order valence-electron chi connectivity index (χ4n) is 4.51. The lowest BCUT2D eigenvalue weighted by Crippen LogP contribution is -2.49. The van der Waals surface area contributed by atoms with Gasteiger partial charge >= 0.3 is 5.97 Å². The summed E-state index contributed by atoms with van der Waals surface area (Å²) in [7, 11) is 0. The van der Waals surface area contributed by atoms with Crippen molar-refractivity contribution in [3.63, 3.8) is 0 Å². The van der Waals surface area contributed by atoms with Gasteiger partial charge in [0.1, 0.15) is 11.2 Å². The Hall–Kier alpha value is -4.53. The van der Waals surface area contributed by atoms with Gasteiger partial charge in [-0.25, -0.2) is 9.78 Å². The van der Waals surface area contributed by atoms with Crippen molar-refractivity contribution < 1.29 is 14.7 Å². The third kappa shape index (κ3) is 4.23. The molecule has 1 saturated heterocycles. The molecule has 9 nitrogen and oxygen atoms in total. The Morgan fingerprint density at radius 3 is 2.29 bits per heavy atom. The fourth-order valence-corrected chi connectivity index (χ4v) is 4.51. The van der Waals surface area contributed by atoms with E-state index in [1.54, 1.807) is 47.8 Å². The van der Waals surface area contributed by atoms with Crippen LogP contribution in [-0.4, -0.2) is 62.6 Å². The second kappa shape index (κ2) is 9.38. The summed E-state index contributed by atoms with van der Waals surface area (Å²) in [4.78, 5) is 50.7. The highest BCUT2D eigenvalue weighted by Crippen LogP contribution is 2.29. The average molecular weight is 470 g/mol. The number of nitrogens with zero attached hydrogens (tertiary/aromatic N) is 5. The first-order chi connectivity index (χ1) is 17.0. The van der Waals surface area contributed by atoms with Gasteiger partial charge in [-0.15, -0.1) is 0 Å². The monoisotopic (exact) mass is 469 g/mol. The van der Waals surface area contributed by atoms with E-state index in [9.17, 15) is 19.5 Å². The molecule has 1 aliphatic rings. The number of piperazine rings is 1. The van der Waals surface area contributed by atoms with Crippen molar-refractivity contribution in [2.75, 3.05) is 31.1 Å². The van der Waals surface area contributed by atoms with Gasteiger partial charge in [-0.1, -0.05) is 30.3 Å². The molecule has 0 spiro atoms. The molecule has 5 rings (SSSR count). The third-order valence-electron chi connectivity index (χ3n) is 6.20. The van der Waals surface area contributed by atoms with E-state index < -0.39 is 11.5 Å². The minimum absolute atomic E-state index is 0.102. The number of hydrogen-bond donors (Lipinski definition) is 1. The Balaban J connectivity index is 1.53. The van der Waals surface area contributed by atoms with Crippen LogP contribution in [-0.2, 0) is 6.54 Å². The first-order valence-electron chi connectivity index (χ1n) is 11.3. The molecule has 0 atom stereocenters. The maximum atomic E-state index is 13.5. The normalized spacial score (nSPS) is 13.7. The maximum Gasteiger partial charge on any atom is 0.343 e. The SMILES string of the molecule is O=C(O)c1c(N2CCN(C(=O)c3ccncc3)CC2)c2cccnc2n(Cc2ccccc2)c1=O. The first kappa shape index (κ1) is 22.3. The number of carboxylic acid groups (broad SMARTS) is 1. The number of hydrogen-bond acceptors (Lipinski definition) is 6. The number of carbonyl (C=O) groups is 2. The summed E-state index contributed by atoms with van der Waals surface area (Å²) >= 11 is 0. The number of amides is 1. The van der Waals surface area contributed by atoms with Crippen LogP contribution in [0, 0.1) is 0 Å². The molecule has 1 amide bonds. The standard InChI is InChI=1S/C26H23N5O4/c32-24(19-8-11-27-12-9-19)30-15-13-29(14-16-30)22-20-7-4-10-28-23(20)31(25(33)21(22)26(34)35)17-18-5-2-1-3-6-18/h1-12H,13-17H2,(H,34,35). The topological polar surface area (TPSA) is 109 Å². The Morgan fingerprint density at radius 1 is 0.886 bits per heavy atom. The number of aromatic nitrogens is 3. The number of pyridine rings is 3. The van der Waals surface area contributed by atoms with Gasteiger partial charge in [0.25, 0.3) is 11.5 Å². The van der Waals surface area contributed by atoms with Crippen molar-refractivity contribution in [2.24, 2.45) is 0 Å². The summed E-state index contributed by atoms with van der Waals surface area (Å²) in [5.41, 5.74) is 1.32. The van der Waals surface area contributed by atoms with Gasteiger partial charge < -0.3 is 14.9 Å². The molecule has 176 valence electrons. The highest BCUT2D eigenvalue weighted by molar-refractivity contribution is 6.04. The van der Waals surface area contributed by atoms with Crippen LogP contribution < -0.4 is 10.5 Å². The van der Waals surface area contributed by atoms with Gasteiger partial charge in [0.15, 0.2) is 0 Å². The van der Waals surface area contributed by atoms with Crippen molar-refractivity contribution >= 4 is 28.6 Å². The van der Waals surface area contributed by atoms with E-state index in [-0.39, 0.29) is 18.0 Å². The Bertz CT molecular complexity index is 1450. The van der Waals surface area contributed by atoms with E-state index in [1.165, 1.54) is 4.57 Å². The van der Waals surface area contributed by atoms with Crippen molar-refractivity contribution in [2.45, 2.75) is 6.54 Å². The molecule has 4 aromatic rings. The molecule has 4 heterocycles. The lowest BCUT2D eigenvalue weighted by Gasteiger charge is -2.37. The van der Waals surface area contributed by atoms with Crippen LogP contribution in [0.5, 0.6) is 0 Å². The number of rotatable bonds is 5. The van der Waals surface area contributed by atoms with Gasteiger partial charge in [0.2, 0.25) is 0 Å². The van der Waals surface area contributed by atoms with Gasteiger partial charge in [-0.2, -0.15) is 0 Å². The molecule has 35 heavy (non-hydrogen) atoms. The largest absolute Gasteiger partial charge is 0.477 e. The molecule has 1 aliphatic heterocycles. The highest BCUT2D eigenvalue weighted by atomic mass is 16.4. The smallest absolute Gasteiger partial charge is 0.343 e. The number of anilines is 1. The minimum Gasteiger partial charge on any atom is -0.477 e. The van der Waals surface area contributed by atoms with Crippen molar-refractivity contribution in [3.8, 4) is 0 Å². The zero-order valence-electron chi connectivity index (χ0n) is 18.9. The van der Waals surface area contributed by atoms with Crippen LogP contribution in [0.15, 0.2) is 78.0 Å². The van der Waals surface area contributed by atoms with E-state index in [0.717, 1.165) is 5.56 Å². The minimum atomic E-state index is -1.28. The number of benzene rings is 1. The Kier molecular flexibility index (Phi) is 5.97. The molecular formula is C26H23N5O4. The zero-order chi connectivity index (χ0) is 24.4. The lowest BCUT2D eigenvalue weighted by atomic mass is 10.1. The highest BCUT2D eigenvalue weighted by Gasteiger charge is 2.29. The molecular weight excluding hydrogens is 446 g/mol. The summed E-state index contributed by atoms with van der Waals surface area (Å²) in [6.45, 7) is 1.79. The van der Waals surface area contributed by atoms with E-state index in [4.69, 9.17) is 0 Å². The Morgan fingerprint density at radius 2 is 1.60 bits per heavy atom. The third-order valence-corrected chi connectivity index (χ3v) is 6.20. The van der Waals surface area contributed by atoms with Crippen LogP contribution in [0.3, 0.4) is 0 Å². The second-order valence-electron chi connectivity index (χ2n) is 8.30. The number of carboxylic acids is 1. The summed E-state index contributed by atoms with van der Waals surface area (Å²) in [6, 6.07) is 16.3. The van der Waals surface area contributed by atoms with E-state index in [1.807, 2.05) is 35.2 Å². The Labute approximate surface area is 200 Å². The quantitative estimate of drug-likeness (QED) is 0.478. The van der Waals surface area contributed by atoms with Crippen molar-refractivity contribution in [1.29, 1.82) is 0 Å². The first-order valence-corrected chi connectivity index (χ1v) is 11.3. The number of fused-ring (bicyclic) bond motifs is 1. The van der Waals surface area contributed by atoms with E-state index in [2.05, 4.69) is 9.97 Å². The molecule has 0 bridgehead atoms. The summed E-state index contributed by atoms with van der Waals surface area (Å²) < 4.78 is 1.42. The molecule has 0 unspecified atom stereocenters. The van der Waals surface area contributed by atoms with Crippen LogP contribution >= 0.6 is 0 Å². The van der Waals surface area contributed by atoms with Gasteiger partial charge in [0.05, 0.1) is 12.2 Å². The molecule has 0 saturated carbocycles. The van der Waals surface area contributed by atoms with E-state index in [0.29, 0.717) is 48.5 Å². The summed E-state index contributed by atoms with van der Waals surface area (Å²) in [5.74, 6) is -1.39. The second-order valence-corrected chi connectivity index (χ2v) is 8.30.